The van der Waals surface area contributed by atoms with Gasteiger partial charge in [0.25, 0.3) is 5.91 Å². The summed E-state index contributed by atoms with van der Waals surface area (Å²) < 4.78 is 0. The Bertz CT molecular complexity index is 594. The molecule has 0 atom stereocenters. The Morgan fingerprint density at radius 3 is 2.71 bits per heavy atom. The summed E-state index contributed by atoms with van der Waals surface area (Å²) in [7, 11) is 0. The van der Waals surface area contributed by atoms with Gasteiger partial charge in [0.15, 0.2) is 0 Å². The summed E-state index contributed by atoms with van der Waals surface area (Å²) in [5, 5.41) is 1.16. The van der Waals surface area contributed by atoms with Crippen LogP contribution in [0.3, 0.4) is 0 Å². The topological polar surface area (TPSA) is 36.1 Å². The zero-order valence-electron chi connectivity index (χ0n) is 10.2. The molecule has 2 heterocycles. The number of rotatable bonds is 1. The van der Waals surface area contributed by atoms with Gasteiger partial charge in [-0.3, -0.25) is 4.79 Å². The number of carbonyl (C=O) groups is 1. The summed E-state index contributed by atoms with van der Waals surface area (Å²) in [6.07, 6.45) is 1.14. The van der Waals surface area contributed by atoms with Gasteiger partial charge < -0.3 is 9.88 Å². The van der Waals surface area contributed by atoms with E-state index < -0.39 is 0 Å². The molecule has 0 bridgehead atoms. The highest BCUT2D eigenvalue weighted by Gasteiger charge is 2.21. The molecule has 1 aromatic carbocycles. The molecule has 1 aliphatic heterocycles. The van der Waals surface area contributed by atoms with Crippen molar-refractivity contribution in [3.05, 3.63) is 35.0 Å². The molecule has 0 aliphatic carbocycles. The number of hydrogen-bond acceptors (Lipinski definition) is 1. The lowest BCUT2D eigenvalue weighted by molar-refractivity contribution is 0.0652. The van der Waals surface area contributed by atoms with Crippen LogP contribution in [0.5, 0.6) is 0 Å². The van der Waals surface area contributed by atoms with E-state index in [2.05, 4.69) is 18.8 Å². The van der Waals surface area contributed by atoms with E-state index in [4.69, 9.17) is 0 Å². The van der Waals surface area contributed by atoms with Crippen molar-refractivity contribution in [1.82, 2.24) is 9.88 Å². The molecular weight excluding hydrogens is 212 g/mol. The molecule has 1 aliphatic rings. The normalized spacial score (nSPS) is 15.1. The minimum absolute atomic E-state index is 0.163. The van der Waals surface area contributed by atoms with Gasteiger partial charge in [-0.05, 0) is 44.0 Å². The molecule has 17 heavy (non-hydrogen) atoms. The highest BCUT2D eigenvalue weighted by Crippen LogP contribution is 2.23. The smallest absolute Gasteiger partial charge is 0.253 e. The third-order valence-corrected chi connectivity index (χ3v) is 3.70. The molecule has 3 nitrogen and oxygen atoms in total. The standard InChI is InChI=1S/C14H16N2O/c1-9-10(2)15-13-5-4-11(8-12(9)13)14(17)16-6-3-7-16/h4-5,8,15H,3,6-7H2,1-2H3. The van der Waals surface area contributed by atoms with Crippen LogP contribution < -0.4 is 0 Å². The molecule has 0 radical (unpaired) electrons. The van der Waals surface area contributed by atoms with Crippen LogP contribution in [0.2, 0.25) is 0 Å². The van der Waals surface area contributed by atoms with E-state index in [-0.39, 0.29) is 5.91 Å². The Balaban J connectivity index is 2.06. The largest absolute Gasteiger partial charge is 0.358 e. The number of benzene rings is 1. The van der Waals surface area contributed by atoms with E-state index in [0.717, 1.165) is 36.0 Å². The molecule has 3 rings (SSSR count). The molecule has 2 aromatic rings. The van der Waals surface area contributed by atoms with Gasteiger partial charge in [-0.1, -0.05) is 0 Å². The van der Waals surface area contributed by atoms with Gasteiger partial charge >= 0.3 is 0 Å². The van der Waals surface area contributed by atoms with Crippen molar-refractivity contribution in [2.45, 2.75) is 20.3 Å². The number of nitrogens with zero attached hydrogens (tertiary/aromatic N) is 1. The summed E-state index contributed by atoms with van der Waals surface area (Å²) in [5.41, 5.74) is 4.33. The first-order valence-electron chi connectivity index (χ1n) is 6.05. The minimum Gasteiger partial charge on any atom is -0.358 e. The van der Waals surface area contributed by atoms with Crippen molar-refractivity contribution in [3.8, 4) is 0 Å². The predicted octanol–water partition coefficient (Wildman–Crippen LogP) is 2.63. The molecule has 1 aromatic heterocycles. The zero-order chi connectivity index (χ0) is 12.0. The number of fused-ring (bicyclic) bond motifs is 1. The van der Waals surface area contributed by atoms with Gasteiger partial charge in [-0.25, -0.2) is 0 Å². The van der Waals surface area contributed by atoms with Gasteiger partial charge in [-0.15, -0.1) is 0 Å². The second-order valence-corrected chi connectivity index (χ2v) is 4.78. The van der Waals surface area contributed by atoms with Gasteiger partial charge in [-0.2, -0.15) is 0 Å². The number of aromatic amines is 1. The van der Waals surface area contributed by atoms with E-state index in [1.54, 1.807) is 0 Å². The summed E-state index contributed by atoms with van der Waals surface area (Å²) in [6, 6.07) is 5.93. The number of aromatic nitrogens is 1. The highest BCUT2D eigenvalue weighted by atomic mass is 16.2. The number of hydrogen-bond donors (Lipinski definition) is 1. The fourth-order valence-corrected chi connectivity index (χ4v) is 2.30. The first-order chi connectivity index (χ1) is 8.16. The van der Waals surface area contributed by atoms with Crippen molar-refractivity contribution in [2.24, 2.45) is 0 Å². The first-order valence-corrected chi connectivity index (χ1v) is 6.05. The lowest BCUT2D eigenvalue weighted by Crippen LogP contribution is -2.41. The molecule has 1 N–H and O–H groups in total. The Labute approximate surface area is 100 Å². The highest BCUT2D eigenvalue weighted by molar-refractivity contribution is 5.99. The van der Waals surface area contributed by atoms with E-state index in [1.807, 2.05) is 23.1 Å². The van der Waals surface area contributed by atoms with Crippen LogP contribution in [-0.2, 0) is 0 Å². The number of carbonyl (C=O) groups excluding carboxylic acids is 1. The fraction of sp³-hybridized carbons (Fsp3) is 0.357. The zero-order valence-corrected chi connectivity index (χ0v) is 10.2. The molecular formula is C14H16N2O. The third-order valence-electron chi connectivity index (χ3n) is 3.70. The van der Waals surface area contributed by atoms with Crippen LogP contribution in [0.4, 0.5) is 0 Å². The lowest BCUT2D eigenvalue weighted by Gasteiger charge is -2.30. The summed E-state index contributed by atoms with van der Waals surface area (Å²) in [4.78, 5) is 17.3. The van der Waals surface area contributed by atoms with Crippen molar-refractivity contribution < 1.29 is 4.79 Å². The van der Waals surface area contributed by atoms with Gasteiger partial charge in [0.1, 0.15) is 0 Å². The van der Waals surface area contributed by atoms with Crippen molar-refractivity contribution in [1.29, 1.82) is 0 Å². The molecule has 1 amide bonds. The average molecular weight is 228 g/mol. The van der Waals surface area contributed by atoms with Crippen LogP contribution in [-0.4, -0.2) is 28.9 Å². The molecule has 3 heteroatoms. The van der Waals surface area contributed by atoms with Gasteiger partial charge in [0.05, 0.1) is 0 Å². The van der Waals surface area contributed by atoms with E-state index >= 15 is 0 Å². The Morgan fingerprint density at radius 1 is 1.29 bits per heavy atom. The second kappa shape index (κ2) is 3.62. The average Bonchev–Trinajstić information content (AvgIpc) is 2.52. The van der Waals surface area contributed by atoms with Crippen LogP contribution in [0.15, 0.2) is 18.2 Å². The van der Waals surface area contributed by atoms with Crippen LogP contribution in [0.25, 0.3) is 10.9 Å². The third kappa shape index (κ3) is 1.54. The molecule has 1 fully saturated rings. The molecule has 1 saturated heterocycles. The first kappa shape index (κ1) is 10.4. The number of amides is 1. The fourth-order valence-electron chi connectivity index (χ4n) is 2.30. The number of likely N-dealkylation sites (tertiary alicyclic amines) is 1. The summed E-state index contributed by atoms with van der Waals surface area (Å²) in [6.45, 7) is 5.96. The Morgan fingerprint density at radius 2 is 2.06 bits per heavy atom. The molecule has 0 unspecified atom stereocenters. The van der Waals surface area contributed by atoms with Crippen LogP contribution in [0.1, 0.15) is 28.0 Å². The predicted molar refractivity (Wildman–Crippen MR) is 68.3 cm³/mol. The molecule has 88 valence electrons. The monoisotopic (exact) mass is 228 g/mol. The molecule has 0 spiro atoms. The molecule has 0 saturated carbocycles. The van der Waals surface area contributed by atoms with Crippen molar-refractivity contribution >= 4 is 16.8 Å². The van der Waals surface area contributed by atoms with Crippen molar-refractivity contribution in [3.63, 3.8) is 0 Å². The van der Waals surface area contributed by atoms with Crippen LogP contribution >= 0.6 is 0 Å². The van der Waals surface area contributed by atoms with E-state index in [1.165, 1.54) is 11.3 Å². The minimum atomic E-state index is 0.163. The number of nitrogens with one attached hydrogen (secondary N) is 1. The number of H-pyrrole nitrogens is 1. The van der Waals surface area contributed by atoms with E-state index in [9.17, 15) is 4.79 Å². The maximum atomic E-state index is 12.1. The maximum absolute atomic E-state index is 12.1. The second-order valence-electron chi connectivity index (χ2n) is 4.78. The SMILES string of the molecule is Cc1[nH]c2ccc(C(=O)N3CCC3)cc2c1C. The van der Waals surface area contributed by atoms with Gasteiger partial charge in [0.2, 0.25) is 0 Å². The van der Waals surface area contributed by atoms with Crippen molar-refractivity contribution in [2.75, 3.05) is 13.1 Å². The lowest BCUT2D eigenvalue weighted by atomic mass is 10.1. The summed E-state index contributed by atoms with van der Waals surface area (Å²) in [5.74, 6) is 0.163. The Hall–Kier alpha value is -1.77. The number of aryl methyl sites for hydroxylation is 2. The van der Waals surface area contributed by atoms with E-state index in [0.29, 0.717) is 0 Å². The summed E-state index contributed by atoms with van der Waals surface area (Å²) >= 11 is 0. The Kier molecular flexibility index (Phi) is 2.21. The van der Waals surface area contributed by atoms with Gasteiger partial charge in [0, 0.05) is 35.2 Å². The quantitative estimate of drug-likeness (QED) is 0.800. The maximum Gasteiger partial charge on any atom is 0.253 e. The van der Waals surface area contributed by atoms with Crippen LogP contribution in [0, 0.1) is 13.8 Å².